The van der Waals surface area contributed by atoms with Crippen molar-refractivity contribution in [2.45, 2.75) is 33.4 Å². The van der Waals surface area contributed by atoms with Gasteiger partial charge in [-0.3, -0.25) is 4.79 Å². The van der Waals surface area contributed by atoms with Crippen molar-refractivity contribution in [3.63, 3.8) is 0 Å². The van der Waals surface area contributed by atoms with Gasteiger partial charge in [-0.1, -0.05) is 48.0 Å². The summed E-state index contributed by atoms with van der Waals surface area (Å²) in [7, 11) is 0. The number of nitrogens with zero attached hydrogens (tertiary/aromatic N) is 3. The molecule has 0 atom stereocenters. The number of amides is 1. The van der Waals surface area contributed by atoms with Gasteiger partial charge in [0.2, 0.25) is 0 Å². The Labute approximate surface area is 170 Å². The number of aryl methyl sites for hydroxylation is 1. The molecule has 0 aliphatic carbocycles. The van der Waals surface area contributed by atoms with Gasteiger partial charge in [-0.2, -0.15) is 0 Å². The maximum Gasteiger partial charge on any atom is 0.274 e. The second-order valence-electron chi connectivity index (χ2n) is 6.89. The highest BCUT2D eigenvalue weighted by atomic mass is 35.5. The summed E-state index contributed by atoms with van der Waals surface area (Å²) in [6.45, 7) is 6.46. The molecule has 0 spiro atoms. The van der Waals surface area contributed by atoms with Gasteiger partial charge in [0.1, 0.15) is 11.5 Å². The van der Waals surface area contributed by atoms with Crippen LogP contribution in [0.4, 0.5) is 11.5 Å². The van der Waals surface area contributed by atoms with Gasteiger partial charge in [-0.25, -0.2) is 9.97 Å². The molecule has 3 rings (SSSR count). The molecule has 1 N–H and O–H groups in total. The first kappa shape index (κ1) is 19.8. The molecule has 28 heavy (non-hydrogen) atoms. The Morgan fingerprint density at radius 1 is 1.11 bits per heavy atom. The smallest absolute Gasteiger partial charge is 0.274 e. The number of nitrogens with one attached hydrogen (secondary N) is 1. The van der Waals surface area contributed by atoms with Crippen LogP contribution in [0.2, 0.25) is 5.02 Å². The van der Waals surface area contributed by atoms with Crippen LogP contribution in [0, 0.1) is 6.92 Å². The van der Waals surface area contributed by atoms with Gasteiger partial charge >= 0.3 is 0 Å². The predicted octanol–water partition coefficient (Wildman–Crippen LogP) is 5.23. The summed E-state index contributed by atoms with van der Waals surface area (Å²) in [5.74, 6) is 0.409. The van der Waals surface area contributed by atoms with E-state index in [9.17, 15) is 4.79 Å². The SMILES string of the molecule is Cc1ccc(Nc2cnc(C(=O)N(Cc3ccccc3)C(C)C)cn2)cc1Cl. The fourth-order valence-electron chi connectivity index (χ4n) is 2.74. The van der Waals surface area contributed by atoms with E-state index in [1.54, 1.807) is 11.1 Å². The van der Waals surface area contributed by atoms with E-state index >= 15 is 0 Å². The first-order valence-corrected chi connectivity index (χ1v) is 9.52. The van der Waals surface area contributed by atoms with E-state index in [1.807, 2.05) is 69.3 Å². The number of hydrogen-bond donors (Lipinski definition) is 1. The molecule has 0 unspecified atom stereocenters. The lowest BCUT2D eigenvalue weighted by molar-refractivity contribution is 0.0684. The number of carbonyl (C=O) groups is 1. The van der Waals surface area contributed by atoms with Gasteiger partial charge in [0.25, 0.3) is 5.91 Å². The van der Waals surface area contributed by atoms with E-state index in [1.165, 1.54) is 6.20 Å². The van der Waals surface area contributed by atoms with Gasteiger partial charge in [0.15, 0.2) is 0 Å². The molecule has 0 saturated heterocycles. The Morgan fingerprint density at radius 3 is 2.46 bits per heavy atom. The Kier molecular flexibility index (Phi) is 6.26. The molecule has 0 aliphatic heterocycles. The van der Waals surface area contributed by atoms with E-state index in [2.05, 4.69) is 15.3 Å². The van der Waals surface area contributed by atoms with Crippen molar-refractivity contribution in [3.8, 4) is 0 Å². The molecule has 0 radical (unpaired) electrons. The standard InChI is InChI=1S/C22H23ClN4O/c1-15(2)27(14-17-7-5-4-6-8-17)22(28)20-12-25-21(13-24-20)26-18-10-9-16(3)19(23)11-18/h4-13,15H,14H2,1-3H3,(H,25,26). The second-order valence-corrected chi connectivity index (χ2v) is 7.30. The fourth-order valence-corrected chi connectivity index (χ4v) is 2.92. The van der Waals surface area contributed by atoms with Crippen LogP contribution in [0.1, 0.15) is 35.5 Å². The number of anilines is 2. The van der Waals surface area contributed by atoms with E-state index in [4.69, 9.17) is 11.6 Å². The largest absolute Gasteiger partial charge is 0.339 e. The summed E-state index contributed by atoms with van der Waals surface area (Å²) in [6.07, 6.45) is 3.06. The molecular formula is C22H23ClN4O. The van der Waals surface area contributed by atoms with Gasteiger partial charge < -0.3 is 10.2 Å². The molecule has 3 aromatic rings. The Morgan fingerprint density at radius 2 is 1.86 bits per heavy atom. The zero-order chi connectivity index (χ0) is 20.1. The van der Waals surface area contributed by atoms with Gasteiger partial charge in [0.05, 0.1) is 12.4 Å². The van der Waals surface area contributed by atoms with Crippen LogP contribution < -0.4 is 5.32 Å². The molecule has 144 valence electrons. The molecule has 0 bridgehead atoms. The first-order chi connectivity index (χ1) is 13.4. The van der Waals surface area contributed by atoms with Crippen LogP contribution in [-0.4, -0.2) is 26.8 Å². The quantitative estimate of drug-likeness (QED) is 0.621. The monoisotopic (exact) mass is 394 g/mol. The van der Waals surface area contributed by atoms with Crippen molar-refractivity contribution in [2.75, 3.05) is 5.32 Å². The summed E-state index contributed by atoms with van der Waals surface area (Å²) >= 11 is 6.15. The highest BCUT2D eigenvalue weighted by Gasteiger charge is 2.20. The number of aromatic nitrogens is 2. The van der Waals surface area contributed by atoms with Crippen LogP contribution in [0.25, 0.3) is 0 Å². The van der Waals surface area contributed by atoms with E-state index in [-0.39, 0.29) is 11.9 Å². The van der Waals surface area contributed by atoms with Crippen LogP contribution in [0.5, 0.6) is 0 Å². The minimum atomic E-state index is -0.142. The summed E-state index contributed by atoms with van der Waals surface area (Å²) in [4.78, 5) is 23.4. The Hall–Kier alpha value is -2.92. The Bertz CT molecular complexity index is 943. The third-order valence-electron chi connectivity index (χ3n) is 4.40. The summed E-state index contributed by atoms with van der Waals surface area (Å²) in [5, 5.41) is 3.83. The van der Waals surface area contributed by atoms with Gasteiger partial charge in [0, 0.05) is 23.3 Å². The predicted molar refractivity (Wildman–Crippen MR) is 113 cm³/mol. The molecule has 5 nitrogen and oxygen atoms in total. The van der Waals surface area contributed by atoms with Crippen molar-refractivity contribution in [1.82, 2.24) is 14.9 Å². The molecule has 0 saturated carbocycles. The van der Waals surface area contributed by atoms with Crippen molar-refractivity contribution < 1.29 is 4.79 Å². The highest BCUT2D eigenvalue weighted by Crippen LogP contribution is 2.22. The molecule has 0 fully saturated rings. The van der Waals surface area contributed by atoms with E-state index in [0.717, 1.165) is 16.8 Å². The van der Waals surface area contributed by atoms with Crippen LogP contribution in [0.3, 0.4) is 0 Å². The lowest BCUT2D eigenvalue weighted by atomic mass is 10.2. The summed E-state index contributed by atoms with van der Waals surface area (Å²) in [6, 6.07) is 15.6. The Balaban J connectivity index is 1.73. The lowest BCUT2D eigenvalue weighted by Gasteiger charge is -2.26. The molecule has 0 aliphatic rings. The average Bonchev–Trinajstić information content (AvgIpc) is 2.69. The topological polar surface area (TPSA) is 58.1 Å². The third-order valence-corrected chi connectivity index (χ3v) is 4.80. The lowest BCUT2D eigenvalue weighted by Crippen LogP contribution is -2.36. The molecule has 1 amide bonds. The van der Waals surface area contributed by atoms with Crippen molar-refractivity contribution >= 4 is 29.0 Å². The van der Waals surface area contributed by atoms with Gasteiger partial charge in [-0.15, -0.1) is 0 Å². The maximum absolute atomic E-state index is 12.9. The summed E-state index contributed by atoms with van der Waals surface area (Å²) in [5.41, 5.74) is 3.22. The van der Waals surface area contributed by atoms with Crippen molar-refractivity contribution in [1.29, 1.82) is 0 Å². The molecular weight excluding hydrogens is 372 g/mol. The van der Waals surface area contributed by atoms with Crippen molar-refractivity contribution in [3.05, 3.63) is 82.8 Å². The molecule has 6 heteroatoms. The van der Waals surface area contributed by atoms with Crippen LogP contribution >= 0.6 is 11.6 Å². The molecule has 1 aromatic heterocycles. The highest BCUT2D eigenvalue weighted by molar-refractivity contribution is 6.31. The third kappa shape index (κ3) is 4.87. The van der Waals surface area contributed by atoms with Crippen LogP contribution in [0.15, 0.2) is 60.9 Å². The van der Waals surface area contributed by atoms with Crippen molar-refractivity contribution in [2.24, 2.45) is 0 Å². The molecule has 1 heterocycles. The number of benzene rings is 2. The zero-order valence-corrected chi connectivity index (χ0v) is 16.9. The van der Waals surface area contributed by atoms with Gasteiger partial charge in [-0.05, 0) is 44.0 Å². The number of halogens is 1. The number of carbonyl (C=O) groups excluding carboxylic acids is 1. The second kappa shape index (κ2) is 8.85. The average molecular weight is 395 g/mol. The van der Waals surface area contributed by atoms with E-state index in [0.29, 0.717) is 23.1 Å². The summed E-state index contributed by atoms with van der Waals surface area (Å²) < 4.78 is 0. The van der Waals surface area contributed by atoms with E-state index < -0.39 is 0 Å². The first-order valence-electron chi connectivity index (χ1n) is 9.14. The van der Waals surface area contributed by atoms with Crippen LogP contribution in [-0.2, 0) is 6.54 Å². The number of hydrogen-bond acceptors (Lipinski definition) is 4. The fraction of sp³-hybridized carbons (Fsp3) is 0.227. The number of rotatable bonds is 6. The minimum absolute atomic E-state index is 0.0435. The minimum Gasteiger partial charge on any atom is -0.339 e. The zero-order valence-electron chi connectivity index (χ0n) is 16.2. The maximum atomic E-state index is 12.9. The normalized spacial score (nSPS) is 10.8. The molecule has 2 aromatic carbocycles.